The van der Waals surface area contributed by atoms with E-state index in [-0.39, 0.29) is 16.7 Å². The van der Waals surface area contributed by atoms with Crippen molar-refractivity contribution in [3.63, 3.8) is 0 Å². The standard InChI is InChI=1S/C17H20FNO4S/c1-9(8-24-11(3)20)19-14-7-23-16-13(14)6-12(10(2)15(16)18)17-21-4-5-22-17/h6-7,9,17,19H,4-5,8H2,1-3H3/t9-/m0/s1. The van der Waals surface area contributed by atoms with Crippen LogP contribution in [0.2, 0.25) is 0 Å². The number of thioether (sulfide) groups is 1. The number of hydrogen-bond donors (Lipinski definition) is 1. The Labute approximate surface area is 143 Å². The Hall–Kier alpha value is -1.57. The zero-order chi connectivity index (χ0) is 17.3. The largest absolute Gasteiger partial charge is 0.459 e. The van der Waals surface area contributed by atoms with E-state index in [0.717, 1.165) is 0 Å². The van der Waals surface area contributed by atoms with E-state index >= 15 is 0 Å². The fraction of sp³-hybridized carbons (Fsp3) is 0.471. The maximum Gasteiger partial charge on any atom is 0.185 e. The van der Waals surface area contributed by atoms with Crippen molar-refractivity contribution in [2.45, 2.75) is 33.1 Å². The molecular formula is C17H20FNO4S. The fourth-order valence-corrected chi connectivity index (χ4v) is 3.25. The molecule has 130 valence electrons. The number of carbonyl (C=O) groups is 1. The van der Waals surface area contributed by atoms with Crippen molar-refractivity contribution >= 4 is 33.5 Å². The number of halogens is 1. The first-order valence-electron chi connectivity index (χ1n) is 7.80. The van der Waals surface area contributed by atoms with Crippen LogP contribution in [0.15, 0.2) is 16.7 Å². The lowest BCUT2D eigenvalue weighted by atomic mass is 10.0. The van der Waals surface area contributed by atoms with E-state index in [1.807, 2.05) is 13.0 Å². The highest BCUT2D eigenvalue weighted by molar-refractivity contribution is 8.13. The molecule has 24 heavy (non-hydrogen) atoms. The van der Waals surface area contributed by atoms with Crippen LogP contribution in [-0.2, 0) is 14.3 Å². The quantitative estimate of drug-likeness (QED) is 0.876. The average molecular weight is 353 g/mol. The van der Waals surface area contributed by atoms with E-state index in [1.54, 1.807) is 6.92 Å². The lowest BCUT2D eigenvalue weighted by molar-refractivity contribution is -0.109. The number of fused-ring (bicyclic) bond motifs is 1. The Balaban J connectivity index is 1.90. The molecule has 3 rings (SSSR count). The molecule has 0 unspecified atom stereocenters. The van der Waals surface area contributed by atoms with Crippen molar-refractivity contribution in [2.75, 3.05) is 24.3 Å². The molecule has 1 aliphatic rings. The van der Waals surface area contributed by atoms with Crippen LogP contribution in [0, 0.1) is 12.7 Å². The van der Waals surface area contributed by atoms with Gasteiger partial charge in [0.2, 0.25) is 0 Å². The van der Waals surface area contributed by atoms with E-state index in [9.17, 15) is 9.18 Å². The number of nitrogens with one attached hydrogen (secondary N) is 1. The van der Waals surface area contributed by atoms with Gasteiger partial charge in [-0.15, -0.1) is 0 Å². The molecule has 1 aromatic heterocycles. The molecule has 5 nitrogen and oxygen atoms in total. The van der Waals surface area contributed by atoms with Gasteiger partial charge in [-0.25, -0.2) is 4.39 Å². The number of anilines is 1. The topological polar surface area (TPSA) is 60.7 Å². The number of carbonyl (C=O) groups excluding carboxylic acids is 1. The third-order valence-corrected chi connectivity index (χ3v) is 4.98. The Morgan fingerprint density at radius 1 is 1.46 bits per heavy atom. The van der Waals surface area contributed by atoms with Gasteiger partial charge in [0.15, 0.2) is 22.8 Å². The van der Waals surface area contributed by atoms with Gasteiger partial charge in [-0.1, -0.05) is 11.8 Å². The molecule has 0 bridgehead atoms. The predicted octanol–water partition coefficient (Wildman–Crippen LogP) is 4.01. The molecule has 1 fully saturated rings. The fourth-order valence-electron chi connectivity index (χ4n) is 2.69. The molecule has 0 spiro atoms. The molecule has 1 atom stereocenters. The minimum Gasteiger partial charge on any atom is -0.459 e. The third-order valence-electron chi connectivity index (χ3n) is 3.91. The van der Waals surface area contributed by atoms with Crippen molar-refractivity contribution in [1.82, 2.24) is 0 Å². The maximum atomic E-state index is 14.6. The van der Waals surface area contributed by atoms with Crippen LogP contribution in [0.3, 0.4) is 0 Å². The van der Waals surface area contributed by atoms with Gasteiger partial charge >= 0.3 is 0 Å². The molecule has 7 heteroatoms. The highest BCUT2D eigenvalue weighted by Crippen LogP contribution is 2.36. The highest BCUT2D eigenvalue weighted by Gasteiger charge is 2.25. The number of furan rings is 1. The lowest BCUT2D eigenvalue weighted by Crippen LogP contribution is -2.18. The number of rotatable bonds is 5. The Morgan fingerprint density at radius 3 is 2.83 bits per heavy atom. The molecule has 1 aromatic carbocycles. The lowest BCUT2D eigenvalue weighted by Gasteiger charge is -2.15. The maximum absolute atomic E-state index is 14.6. The minimum atomic E-state index is -0.544. The summed E-state index contributed by atoms with van der Waals surface area (Å²) in [6.45, 7) is 6.19. The summed E-state index contributed by atoms with van der Waals surface area (Å²) in [5, 5.41) is 3.98. The first-order chi connectivity index (χ1) is 11.5. The Kier molecular flexibility index (Phi) is 5.12. The summed E-state index contributed by atoms with van der Waals surface area (Å²) >= 11 is 1.25. The average Bonchev–Trinajstić information content (AvgIpc) is 3.19. The second-order valence-corrected chi connectivity index (χ2v) is 7.05. The van der Waals surface area contributed by atoms with Crippen LogP contribution in [0.4, 0.5) is 10.1 Å². The van der Waals surface area contributed by atoms with Crippen LogP contribution in [0.25, 0.3) is 11.0 Å². The van der Waals surface area contributed by atoms with Crippen molar-refractivity contribution < 1.29 is 23.1 Å². The van der Waals surface area contributed by atoms with Crippen molar-refractivity contribution in [1.29, 1.82) is 0 Å². The molecular weight excluding hydrogens is 333 g/mol. The van der Waals surface area contributed by atoms with Crippen molar-refractivity contribution in [3.05, 3.63) is 29.3 Å². The van der Waals surface area contributed by atoms with E-state index in [4.69, 9.17) is 13.9 Å². The molecule has 1 aliphatic heterocycles. The van der Waals surface area contributed by atoms with E-state index < -0.39 is 12.1 Å². The number of benzene rings is 1. The molecule has 0 aliphatic carbocycles. The van der Waals surface area contributed by atoms with Gasteiger partial charge in [0.25, 0.3) is 0 Å². The zero-order valence-corrected chi connectivity index (χ0v) is 14.7. The number of ether oxygens (including phenoxy) is 2. The molecule has 2 aromatic rings. The van der Waals surface area contributed by atoms with Gasteiger partial charge in [-0.05, 0) is 25.5 Å². The Morgan fingerprint density at radius 2 is 2.17 bits per heavy atom. The van der Waals surface area contributed by atoms with Gasteiger partial charge in [-0.2, -0.15) is 0 Å². The summed E-state index contributed by atoms with van der Waals surface area (Å²) in [6.07, 6.45) is 0.958. The van der Waals surface area contributed by atoms with Gasteiger partial charge < -0.3 is 19.2 Å². The van der Waals surface area contributed by atoms with Crippen LogP contribution >= 0.6 is 11.8 Å². The van der Waals surface area contributed by atoms with E-state index in [0.29, 0.717) is 41.2 Å². The van der Waals surface area contributed by atoms with Gasteiger partial charge in [0, 0.05) is 29.7 Å². The molecule has 0 saturated carbocycles. The van der Waals surface area contributed by atoms with Gasteiger partial charge in [-0.3, -0.25) is 4.79 Å². The van der Waals surface area contributed by atoms with E-state index in [2.05, 4.69) is 5.32 Å². The SMILES string of the molecule is CC(=O)SC[C@H](C)Nc1coc2c(F)c(C)c(C3OCCO3)cc12. The molecule has 0 amide bonds. The molecule has 0 radical (unpaired) electrons. The zero-order valence-electron chi connectivity index (χ0n) is 13.8. The predicted molar refractivity (Wildman–Crippen MR) is 91.8 cm³/mol. The highest BCUT2D eigenvalue weighted by atomic mass is 32.2. The summed E-state index contributed by atoms with van der Waals surface area (Å²) in [5.41, 5.74) is 2.05. The summed E-state index contributed by atoms with van der Waals surface area (Å²) < 4.78 is 31.1. The molecule has 2 heterocycles. The Bertz CT molecular complexity index is 755. The summed E-state index contributed by atoms with van der Waals surface area (Å²) in [7, 11) is 0. The minimum absolute atomic E-state index is 0.0338. The summed E-state index contributed by atoms with van der Waals surface area (Å²) in [5.74, 6) is 0.221. The normalized spacial score (nSPS) is 16.7. The third kappa shape index (κ3) is 3.43. The van der Waals surface area contributed by atoms with Crippen LogP contribution in [-0.4, -0.2) is 30.1 Å². The van der Waals surface area contributed by atoms with Crippen LogP contribution in [0.1, 0.15) is 31.3 Å². The van der Waals surface area contributed by atoms with Crippen molar-refractivity contribution in [3.8, 4) is 0 Å². The van der Waals surface area contributed by atoms with Crippen LogP contribution in [0.5, 0.6) is 0 Å². The first kappa shape index (κ1) is 17.3. The van der Waals surface area contributed by atoms with Crippen LogP contribution < -0.4 is 5.32 Å². The second kappa shape index (κ2) is 7.13. The smallest absolute Gasteiger partial charge is 0.185 e. The molecule has 1 saturated heterocycles. The van der Waals surface area contributed by atoms with Crippen molar-refractivity contribution in [2.24, 2.45) is 0 Å². The first-order valence-corrected chi connectivity index (χ1v) is 8.79. The number of hydrogen-bond acceptors (Lipinski definition) is 6. The van der Waals surface area contributed by atoms with E-state index in [1.165, 1.54) is 24.9 Å². The van der Waals surface area contributed by atoms with Gasteiger partial charge in [0.05, 0.1) is 18.9 Å². The van der Waals surface area contributed by atoms with Gasteiger partial charge in [0.1, 0.15) is 6.26 Å². The second-order valence-electron chi connectivity index (χ2n) is 5.85. The molecule has 1 N–H and O–H groups in total. The monoisotopic (exact) mass is 353 g/mol. The summed E-state index contributed by atoms with van der Waals surface area (Å²) in [6, 6.07) is 1.88. The summed E-state index contributed by atoms with van der Waals surface area (Å²) in [4.78, 5) is 11.1.